The molecule has 0 aliphatic heterocycles. The van der Waals surface area contributed by atoms with E-state index < -0.39 is 0 Å². The molecule has 0 atom stereocenters. The van der Waals surface area contributed by atoms with E-state index >= 15 is 0 Å². The van der Waals surface area contributed by atoms with Crippen molar-refractivity contribution in [1.29, 1.82) is 0 Å². The Morgan fingerprint density at radius 2 is 2.00 bits per heavy atom. The number of nitrogens with two attached hydrogens (primary N) is 2. The van der Waals surface area contributed by atoms with Crippen molar-refractivity contribution in [2.24, 2.45) is 0 Å². The highest BCUT2D eigenvalue weighted by Gasteiger charge is 1.96. The van der Waals surface area contributed by atoms with Crippen molar-refractivity contribution in [3.8, 4) is 0 Å². The number of methoxy groups -OCH3 is 1. The maximum atomic E-state index is 5.63. The molecule has 0 saturated heterocycles. The fourth-order valence-corrected chi connectivity index (χ4v) is 1.000. The number of ether oxygens (including phenoxy) is 1. The molecular formula is C9H14N2O. The average molecular weight is 166 g/mol. The Hall–Kier alpha value is -1.22. The number of rotatable bonds is 3. The molecule has 1 aromatic rings. The minimum atomic E-state index is 0.635. The van der Waals surface area contributed by atoms with Crippen LogP contribution in [0.2, 0.25) is 0 Å². The third-order valence-corrected chi connectivity index (χ3v) is 1.75. The van der Waals surface area contributed by atoms with Gasteiger partial charge >= 0.3 is 0 Å². The molecule has 0 aliphatic rings. The summed E-state index contributed by atoms with van der Waals surface area (Å²) in [7, 11) is 1.68. The van der Waals surface area contributed by atoms with Crippen molar-refractivity contribution in [3.05, 3.63) is 23.8 Å². The number of benzene rings is 1. The predicted molar refractivity (Wildman–Crippen MR) is 50.8 cm³/mol. The molecular weight excluding hydrogens is 152 g/mol. The standard InChI is InChI=1S/C9H14N2O/c1-12-5-4-7-2-3-8(10)9(11)6-7/h2-3,6H,4-5,10-11H2,1H3. The molecule has 1 aromatic carbocycles. The maximum absolute atomic E-state index is 5.63. The number of anilines is 2. The van der Waals surface area contributed by atoms with E-state index in [9.17, 15) is 0 Å². The van der Waals surface area contributed by atoms with Gasteiger partial charge in [0.25, 0.3) is 0 Å². The van der Waals surface area contributed by atoms with Crippen LogP contribution in [0.4, 0.5) is 11.4 Å². The minimum Gasteiger partial charge on any atom is -0.397 e. The van der Waals surface area contributed by atoms with E-state index in [4.69, 9.17) is 16.2 Å². The van der Waals surface area contributed by atoms with Gasteiger partial charge in [-0.2, -0.15) is 0 Å². The molecule has 4 N–H and O–H groups in total. The third-order valence-electron chi connectivity index (χ3n) is 1.75. The summed E-state index contributed by atoms with van der Waals surface area (Å²) in [6, 6.07) is 5.67. The van der Waals surface area contributed by atoms with Gasteiger partial charge in [-0.1, -0.05) is 6.07 Å². The van der Waals surface area contributed by atoms with Crippen molar-refractivity contribution >= 4 is 11.4 Å². The van der Waals surface area contributed by atoms with Gasteiger partial charge in [0.2, 0.25) is 0 Å². The van der Waals surface area contributed by atoms with Crippen molar-refractivity contribution in [3.63, 3.8) is 0 Å². The van der Waals surface area contributed by atoms with E-state index in [0.29, 0.717) is 18.0 Å². The Labute approximate surface area is 72.3 Å². The summed E-state index contributed by atoms with van der Waals surface area (Å²) >= 11 is 0. The van der Waals surface area contributed by atoms with Crippen LogP contribution in [-0.2, 0) is 11.2 Å². The number of hydrogen-bond donors (Lipinski definition) is 2. The van der Waals surface area contributed by atoms with Crippen LogP contribution in [0.25, 0.3) is 0 Å². The van der Waals surface area contributed by atoms with Gasteiger partial charge in [0.15, 0.2) is 0 Å². The lowest BCUT2D eigenvalue weighted by Gasteiger charge is -2.03. The largest absolute Gasteiger partial charge is 0.397 e. The van der Waals surface area contributed by atoms with Gasteiger partial charge in [0.1, 0.15) is 0 Å². The molecule has 0 bridgehead atoms. The van der Waals surface area contributed by atoms with E-state index in [-0.39, 0.29) is 0 Å². The summed E-state index contributed by atoms with van der Waals surface area (Å²) in [6.07, 6.45) is 0.876. The van der Waals surface area contributed by atoms with E-state index in [1.165, 1.54) is 0 Å². The minimum absolute atomic E-state index is 0.635. The van der Waals surface area contributed by atoms with Gasteiger partial charge in [-0.25, -0.2) is 0 Å². The topological polar surface area (TPSA) is 61.3 Å². The summed E-state index contributed by atoms with van der Waals surface area (Å²) in [5.41, 5.74) is 13.6. The first-order chi connectivity index (χ1) is 5.74. The average Bonchev–Trinajstić information content (AvgIpc) is 2.07. The Balaban J connectivity index is 2.69. The van der Waals surface area contributed by atoms with E-state index in [1.54, 1.807) is 7.11 Å². The summed E-state index contributed by atoms with van der Waals surface area (Å²) in [6.45, 7) is 0.712. The van der Waals surface area contributed by atoms with Gasteiger partial charge in [0, 0.05) is 7.11 Å². The second-order valence-corrected chi connectivity index (χ2v) is 2.71. The fourth-order valence-electron chi connectivity index (χ4n) is 1.000. The molecule has 0 spiro atoms. The maximum Gasteiger partial charge on any atom is 0.0550 e. The molecule has 0 unspecified atom stereocenters. The lowest BCUT2D eigenvalue weighted by atomic mass is 10.1. The van der Waals surface area contributed by atoms with Gasteiger partial charge in [0.05, 0.1) is 18.0 Å². The van der Waals surface area contributed by atoms with Gasteiger partial charge in [-0.3, -0.25) is 0 Å². The lowest BCUT2D eigenvalue weighted by molar-refractivity contribution is 0.202. The highest BCUT2D eigenvalue weighted by atomic mass is 16.5. The molecule has 0 heterocycles. The van der Waals surface area contributed by atoms with E-state index in [0.717, 1.165) is 12.0 Å². The molecule has 12 heavy (non-hydrogen) atoms. The van der Waals surface area contributed by atoms with Crippen LogP contribution in [0, 0.1) is 0 Å². The van der Waals surface area contributed by atoms with Crippen LogP contribution in [-0.4, -0.2) is 13.7 Å². The normalized spacial score (nSPS) is 10.1. The molecule has 0 aliphatic carbocycles. The summed E-state index contributed by atoms with van der Waals surface area (Å²) in [5, 5.41) is 0. The monoisotopic (exact) mass is 166 g/mol. The van der Waals surface area contributed by atoms with E-state index in [2.05, 4.69) is 0 Å². The first-order valence-corrected chi connectivity index (χ1v) is 3.87. The quantitative estimate of drug-likeness (QED) is 0.659. The Kier molecular flexibility index (Phi) is 2.94. The smallest absolute Gasteiger partial charge is 0.0550 e. The van der Waals surface area contributed by atoms with E-state index in [1.807, 2.05) is 18.2 Å². The first-order valence-electron chi connectivity index (χ1n) is 3.87. The van der Waals surface area contributed by atoms with Gasteiger partial charge in [-0.05, 0) is 24.1 Å². The zero-order chi connectivity index (χ0) is 8.97. The number of nitrogen functional groups attached to an aromatic ring is 2. The van der Waals surface area contributed by atoms with Crippen LogP contribution in [0.15, 0.2) is 18.2 Å². The molecule has 3 nitrogen and oxygen atoms in total. The molecule has 0 aromatic heterocycles. The Morgan fingerprint density at radius 3 is 2.58 bits per heavy atom. The van der Waals surface area contributed by atoms with Crippen molar-refractivity contribution in [2.45, 2.75) is 6.42 Å². The predicted octanol–water partition coefficient (Wildman–Crippen LogP) is 1.04. The van der Waals surface area contributed by atoms with Crippen LogP contribution < -0.4 is 11.5 Å². The summed E-state index contributed by atoms with van der Waals surface area (Å²) < 4.78 is 4.94. The molecule has 0 fully saturated rings. The fraction of sp³-hybridized carbons (Fsp3) is 0.333. The van der Waals surface area contributed by atoms with Crippen molar-refractivity contribution in [2.75, 3.05) is 25.2 Å². The second-order valence-electron chi connectivity index (χ2n) is 2.71. The van der Waals surface area contributed by atoms with Crippen molar-refractivity contribution < 1.29 is 4.74 Å². The van der Waals surface area contributed by atoms with Crippen LogP contribution in [0.5, 0.6) is 0 Å². The molecule has 1 rings (SSSR count). The highest BCUT2D eigenvalue weighted by Crippen LogP contribution is 2.16. The molecule has 66 valence electrons. The van der Waals surface area contributed by atoms with Crippen molar-refractivity contribution in [1.82, 2.24) is 0 Å². The Morgan fingerprint density at radius 1 is 1.25 bits per heavy atom. The lowest BCUT2D eigenvalue weighted by Crippen LogP contribution is -1.98. The van der Waals surface area contributed by atoms with Crippen LogP contribution in [0.1, 0.15) is 5.56 Å². The molecule has 0 amide bonds. The van der Waals surface area contributed by atoms with Gasteiger partial charge < -0.3 is 16.2 Å². The molecule has 3 heteroatoms. The zero-order valence-corrected chi connectivity index (χ0v) is 7.21. The first kappa shape index (κ1) is 8.87. The molecule has 0 radical (unpaired) electrons. The van der Waals surface area contributed by atoms with Crippen LogP contribution >= 0.6 is 0 Å². The second kappa shape index (κ2) is 3.97. The third kappa shape index (κ3) is 2.13. The van der Waals surface area contributed by atoms with Crippen LogP contribution in [0.3, 0.4) is 0 Å². The molecule has 0 saturated carbocycles. The highest BCUT2D eigenvalue weighted by molar-refractivity contribution is 5.63. The summed E-state index contributed by atoms with van der Waals surface area (Å²) in [5.74, 6) is 0. The van der Waals surface area contributed by atoms with Gasteiger partial charge in [-0.15, -0.1) is 0 Å². The zero-order valence-electron chi connectivity index (χ0n) is 7.21. The summed E-state index contributed by atoms with van der Waals surface area (Å²) in [4.78, 5) is 0. The Bertz CT molecular complexity index is 261. The number of hydrogen-bond acceptors (Lipinski definition) is 3. The SMILES string of the molecule is COCCc1ccc(N)c(N)c1.